The van der Waals surface area contributed by atoms with Crippen molar-refractivity contribution in [1.82, 2.24) is 14.7 Å². The van der Waals surface area contributed by atoms with Crippen molar-refractivity contribution in [2.45, 2.75) is 63.8 Å². The molecule has 2 heterocycles. The van der Waals surface area contributed by atoms with Crippen molar-refractivity contribution >= 4 is 17.7 Å². The molecular weight excluding hydrogens is 595 g/mol. The molecule has 3 amide bonds. The number of halogens is 7. The van der Waals surface area contributed by atoms with Crippen LogP contribution < -0.4 is 0 Å². The van der Waals surface area contributed by atoms with Crippen molar-refractivity contribution in [3.8, 4) is 0 Å². The summed E-state index contributed by atoms with van der Waals surface area (Å²) in [5.74, 6) is -2.10. The van der Waals surface area contributed by atoms with Crippen molar-refractivity contribution in [2.24, 2.45) is 5.92 Å². The van der Waals surface area contributed by atoms with E-state index in [0.29, 0.717) is 49.2 Å². The van der Waals surface area contributed by atoms with Crippen LogP contribution in [0.2, 0.25) is 0 Å². The van der Waals surface area contributed by atoms with E-state index in [1.54, 1.807) is 22.8 Å². The van der Waals surface area contributed by atoms with Crippen LogP contribution in [0.4, 0.5) is 30.7 Å². The Morgan fingerprint density at radius 3 is 1.95 bits per heavy atom. The molecule has 2 saturated heterocycles. The van der Waals surface area contributed by atoms with Gasteiger partial charge in [-0.05, 0) is 73.2 Å². The van der Waals surface area contributed by atoms with Crippen molar-refractivity contribution in [1.29, 1.82) is 0 Å². The van der Waals surface area contributed by atoms with E-state index in [4.69, 9.17) is 0 Å². The Bertz CT molecular complexity index is 1370. The smallest absolute Gasteiger partial charge is 0.343 e. The van der Waals surface area contributed by atoms with Gasteiger partial charge in [-0.3, -0.25) is 14.4 Å². The molecule has 6 nitrogen and oxygen atoms in total. The van der Waals surface area contributed by atoms with Crippen molar-refractivity contribution in [3.63, 3.8) is 0 Å². The Kier molecular flexibility index (Phi) is 9.65. The van der Waals surface area contributed by atoms with Crippen LogP contribution in [-0.2, 0) is 33.2 Å². The predicted octanol–water partition coefficient (Wildman–Crippen LogP) is 5.82. The number of hydrogen-bond donors (Lipinski definition) is 0. The Hall–Kier alpha value is -3.64. The van der Waals surface area contributed by atoms with Crippen LogP contribution in [0.15, 0.2) is 36.4 Å². The van der Waals surface area contributed by atoms with Crippen LogP contribution in [0.5, 0.6) is 0 Å². The molecule has 0 spiro atoms. The van der Waals surface area contributed by atoms with Crippen LogP contribution in [0.25, 0.3) is 0 Å². The monoisotopic (exact) mass is 629 g/mol. The first-order valence-electron chi connectivity index (χ1n) is 14.3. The molecule has 0 radical (unpaired) electrons. The minimum absolute atomic E-state index is 0.0156. The number of alkyl halides is 6. The lowest BCUT2D eigenvalue weighted by Crippen LogP contribution is -2.54. The van der Waals surface area contributed by atoms with E-state index in [0.717, 1.165) is 0 Å². The molecule has 13 heteroatoms. The number of hydrogen-bond acceptors (Lipinski definition) is 3. The normalized spacial score (nSPS) is 20.0. The second-order valence-electron chi connectivity index (χ2n) is 11.6. The average molecular weight is 630 g/mol. The number of carbonyl (C=O) groups excluding carboxylic acids is 3. The Morgan fingerprint density at radius 2 is 1.43 bits per heavy atom. The molecule has 0 aromatic heterocycles. The maximum atomic E-state index is 14.0. The van der Waals surface area contributed by atoms with Gasteiger partial charge in [-0.1, -0.05) is 6.07 Å². The van der Waals surface area contributed by atoms with Crippen LogP contribution in [0.1, 0.15) is 59.9 Å². The zero-order chi connectivity index (χ0) is 32.6. The molecule has 2 aliphatic rings. The number of benzene rings is 2. The van der Waals surface area contributed by atoms with Gasteiger partial charge in [0.05, 0.1) is 17.5 Å². The number of nitrogens with zero attached hydrogens (tertiary/aromatic N) is 3. The average Bonchev–Trinajstić information content (AvgIpc) is 2.95. The van der Waals surface area contributed by atoms with Crippen LogP contribution in [-0.4, -0.2) is 71.7 Å². The SMILES string of the molecule is CC(=O)N1CCC(C(=O)N2CC[C@@H](N(C)C(=O)Cc3cc(C(F)(F)F)cc(C(F)(F)F)c3)[C@H](c3ccc(F)cc3C)C2)CC1. The highest BCUT2D eigenvalue weighted by atomic mass is 19.4. The van der Waals surface area contributed by atoms with E-state index < -0.39 is 59.1 Å². The van der Waals surface area contributed by atoms with E-state index in [-0.39, 0.29) is 43.3 Å². The minimum Gasteiger partial charge on any atom is -0.343 e. The Labute approximate surface area is 250 Å². The molecule has 0 N–H and O–H groups in total. The highest BCUT2D eigenvalue weighted by molar-refractivity contribution is 5.81. The molecule has 4 rings (SSSR count). The molecule has 2 atom stereocenters. The van der Waals surface area contributed by atoms with Gasteiger partial charge in [0.2, 0.25) is 17.7 Å². The van der Waals surface area contributed by atoms with Gasteiger partial charge in [0.15, 0.2) is 0 Å². The molecular formula is C31H34F7N3O3. The molecule has 240 valence electrons. The van der Waals surface area contributed by atoms with Gasteiger partial charge in [0.25, 0.3) is 0 Å². The summed E-state index contributed by atoms with van der Waals surface area (Å²) >= 11 is 0. The summed E-state index contributed by atoms with van der Waals surface area (Å²) in [6.07, 6.45) is -9.48. The lowest BCUT2D eigenvalue weighted by Gasteiger charge is -2.44. The molecule has 0 unspecified atom stereocenters. The fraction of sp³-hybridized carbons (Fsp3) is 0.516. The molecule has 44 heavy (non-hydrogen) atoms. The first kappa shape index (κ1) is 33.3. The van der Waals surface area contributed by atoms with Crippen molar-refractivity contribution < 1.29 is 45.1 Å². The highest BCUT2D eigenvalue weighted by Crippen LogP contribution is 2.38. The number of rotatable bonds is 5. The second-order valence-corrected chi connectivity index (χ2v) is 11.6. The summed E-state index contributed by atoms with van der Waals surface area (Å²) in [5, 5.41) is 0. The maximum absolute atomic E-state index is 14.0. The molecule has 2 aliphatic heterocycles. The third-order valence-corrected chi connectivity index (χ3v) is 8.70. The number of piperidine rings is 2. The van der Waals surface area contributed by atoms with E-state index in [1.807, 2.05) is 0 Å². The third-order valence-electron chi connectivity index (χ3n) is 8.70. The number of amides is 3. The van der Waals surface area contributed by atoms with E-state index in [9.17, 15) is 45.1 Å². The van der Waals surface area contributed by atoms with Gasteiger partial charge in [-0.25, -0.2) is 4.39 Å². The molecule has 0 saturated carbocycles. The van der Waals surface area contributed by atoms with Crippen molar-refractivity contribution in [2.75, 3.05) is 33.2 Å². The molecule has 0 aliphatic carbocycles. The zero-order valence-corrected chi connectivity index (χ0v) is 24.6. The standard InChI is InChI=1S/C31H34F7N3O3/c1-18-12-24(32)4-5-25(18)26-17-41(29(44)21-6-9-40(10-7-21)19(2)42)11-8-27(26)39(3)28(43)15-20-13-22(30(33,34)35)16-23(14-20)31(36,37)38/h4-5,12-14,16,21,26-27H,6-11,15,17H2,1-3H3/t26-,27+/m0/s1. The van der Waals surface area contributed by atoms with Gasteiger partial charge >= 0.3 is 12.4 Å². The van der Waals surface area contributed by atoms with Gasteiger partial charge < -0.3 is 14.7 Å². The van der Waals surface area contributed by atoms with Gasteiger partial charge in [0, 0.05) is 58.0 Å². The highest BCUT2D eigenvalue weighted by Gasteiger charge is 2.40. The fourth-order valence-electron chi connectivity index (χ4n) is 6.27. The summed E-state index contributed by atoms with van der Waals surface area (Å²) in [6, 6.07) is 4.70. The maximum Gasteiger partial charge on any atom is 0.416 e. The first-order chi connectivity index (χ1) is 20.5. The third kappa shape index (κ3) is 7.52. The Morgan fingerprint density at radius 1 is 0.864 bits per heavy atom. The van der Waals surface area contributed by atoms with Gasteiger partial charge in [-0.2, -0.15) is 26.3 Å². The molecule has 2 fully saturated rings. The van der Waals surface area contributed by atoms with E-state index in [1.165, 1.54) is 31.0 Å². The summed E-state index contributed by atoms with van der Waals surface area (Å²) in [4.78, 5) is 43.3. The number of likely N-dealkylation sites (N-methyl/N-ethyl adjacent to an activating group) is 1. The predicted molar refractivity (Wildman–Crippen MR) is 147 cm³/mol. The zero-order valence-electron chi connectivity index (χ0n) is 24.6. The number of aryl methyl sites for hydroxylation is 1. The van der Waals surface area contributed by atoms with Crippen LogP contribution >= 0.6 is 0 Å². The second kappa shape index (κ2) is 12.8. The summed E-state index contributed by atoms with van der Waals surface area (Å²) < 4.78 is 94.3. The number of carbonyl (C=O) groups is 3. The fourth-order valence-corrected chi connectivity index (χ4v) is 6.27. The summed E-state index contributed by atoms with van der Waals surface area (Å²) in [6.45, 7) is 4.55. The largest absolute Gasteiger partial charge is 0.416 e. The number of likely N-dealkylation sites (tertiary alicyclic amines) is 2. The lowest BCUT2D eigenvalue weighted by atomic mass is 9.82. The van der Waals surface area contributed by atoms with Gasteiger partial charge in [0.1, 0.15) is 5.82 Å². The lowest BCUT2D eigenvalue weighted by molar-refractivity contribution is -0.144. The van der Waals surface area contributed by atoms with Crippen LogP contribution in [0, 0.1) is 18.7 Å². The van der Waals surface area contributed by atoms with Gasteiger partial charge in [-0.15, -0.1) is 0 Å². The minimum atomic E-state index is -5.04. The Balaban J connectivity index is 1.58. The first-order valence-corrected chi connectivity index (χ1v) is 14.3. The van der Waals surface area contributed by atoms with E-state index in [2.05, 4.69) is 0 Å². The van der Waals surface area contributed by atoms with Crippen molar-refractivity contribution in [3.05, 3.63) is 70.0 Å². The topological polar surface area (TPSA) is 60.9 Å². The summed E-state index contributed by atoms with van der Waals surface area (Å²) in [7, 11) is 1.44. The summed E-state index contributed by atoms with van der Waals surface area (Å²) in [5.41, 5.74) is -2.17. The quantitative estimate of drug-likeness (QED) is 0.392. The van der Waals surface area contributed by atoms with E-state index >= 15 is 0 Å². The van der Waals surface area contributed by atoms with Crippen LogP contribution in [0.3, 0.4) is 0 Å². The molecule has 2 aromatic rings. The molecule has 0 bridgehead atoms. The molecule has 2 aromatic carbocycles.